The van der Waals surface area contributed by atoms with Gasteiger partial charge in [0, 0.05) is 18.3 Å². The third-order valence-corrected chi connectivity index (χ3v) is 4.84. The molecule has 3 nitrogen and oxygen atoms in total. The third-order valence-electron chi connectivity index (χ3n) is 4.84. The van der Waals surface area contributed by atoms with Crippen molar-refractivity contribution in [2.75, 3.05) is 11.4 Å². The molecule has 1 aliphatic heterocycles. The fourth-order valence-corrected chi connectivity index (χ4v) is 3.06. The van der Waals surface area contributed by atoms with Crippen LogP contribution in [0.2, 0.25) is 0 Å². The smallest absolute Gasteiger partial charge is 0.233 e. The number of aromatic nitrogens is 1. The van der Waals surface area contributed by atoms with Gasteiger partial charge in [-0.25, -0.2) is 0 Å². The molecule has 0 bridgehead atoms. The second kappa shape index (κ2) is 4.94. The highest BCUT2D eigenvalue weighted by Gasteiger charge is 2.33. The van der Waals surface area contributed by atoms with Crippen LogP contribution in [0, 0.1) is 19.8 Å². The Morgan fingerprint density at radius 1 is 1.14 bits per heavy atom. The van der Waals surface area contributed by atoms with E-state index in [2.05, 4.69) is 43.1 Å². The Hall–Kier alpha value is -2.16. The first-order chi connectivity index (χ1) is 10.6. The zero-order chi connectivity index (χ0) is 15.3. The molecule has 22 heavy (non-hydrogen) atoms. The van der Waals surface area contributed by atoms with E-state index in [0.29, 0.717) is 12.3 Å². The average Bonchev–Trinajstić information content (AvgIpc) is 3.27. The summed E-state index contributed by atoms with van der Waals surface area (Å²) in [5.74, 6) is 0.895. The minimum Gasteiger partial charge on any atom is -0.310 e. The van der Waals surface area contributed by atoms with Gasteiger partial charge in [0.25, 0.3) is 0 Å². The Kier molecular flexibility index (Phi) is 3.03. The summed E-state index contributed by atoms with van der Waals surface area (Å²) in [4.78, 5) is 18.7. The van der Waals surface area contributed by atoms with Crippen molar-refractivity contribution >= 4 is 11.6 Å². The average molecular weight is 292 g/mol. The quantitative estimate of drug-likeness (QED) is 0.865. The van der Waals surface area contributed by atoms with Crippen LogP contribution in [0.4, 0.5) is 5.69 Å². The Labute approximate surface area is 131 Å². The standard InChI is InChI=1S/C19H20N2O/c1-12-3-6-15(7-13(12)2)16-8-18-17(20-10-16)9-19(22)21(18)11-14-4-5-14/h3,6-8,10,14H,4-5,9,11H2,1-2H3. The van der Waals surface area contributed by atoms with Gasteiger partial charge in [0.1, 0.15) is 0 Å². The van der Waals surface area contributed by atoms with Crippen LogP contribution in [-0.4, -0.2) is 17.4 Å². The number of carbonyl (C=O) groups is 1. The molecule has 1 aliphatic carbocycles. The molecule has 1 aromatic carbocycles. The van der Waals surface area contributed by atoms with E-state index in [0.717, 1.165) is 23.5 Å². The molecule has 1 saturated carbocycles. The van der Waals surface area contributed by atoms with Gasteiger partial charge in [-0.05, 0) is 55.4 Å². The van der Waals surface area contributed by atoms with E-state index in [4.69, 9.17) is 0 Å². The molecule has 0 N–H and O–H groups in total. The van der Waals surface area contributed by atoms with Crippen LogP contribution in [0.5, 0.6) is 0 Å². The van der Waals surface area contributed by atoms with Crippen LogP contribution < -0.4 is 4.90 Å². The van der Waals surface area contributed by atoms with E-state index < -0.39 is 0 Å². The highest BCUT2D eigenvalue weighted by Crippen LogP contribution is 2.37. The van der Waals surface area contributed by atoms with Crippen LogP contribution in [0.15, 0.2) is 30.5 Å². The van der Waals surface area contributed by atoms with Gasteiger partial charge in [0.2, 0.25) is 5.91 Å². The van der Waals surface area contributed by atoms with Gasteiger partial charge in [-0.1, -0.05) is 18.2 Å². The second-order valence-corrected chi connectivity index (χ2v) is 6.61. The minimum atomic E-state index is 0.201. The summed E-state index contributed by atoms with van der Waals surface area (Å²) in [6, 6.07) is 8.61. The zero-order valence-corrected chi connectivity index (χ0v) is 13.1. The predicted molar refractivity (Wildman–Crippen MR) is 87.9 cm³/mol. The number of aryl methyl sites for hydroxylation is 2. The largest absolute Gasteiger partial charge is 0.310 e. The molecule has 0 atom stereocenters. The highest BCUT2D eigenvalue weighted by molar-refractivity contribution is 6.01. The molecule has 1 fully saturated rings. The molecule has 4 rings (SSSR count). The minimum absolute atomic E-state index is 0.201. The summed E-state index contributed by atoms with van der Waals surface area (Å²) in [6.45, 7) is 5.11. The maximum Gasteiger partial charge on any atom is 0.233 e. The molecule has 0 radical (unpaired) electrons. The van der Waals surface area contributed by atoms with Crippen molar-refractivity contribution < 1.29 is 4.79 Å². The van der Waals surface area contributed by atoms with E-state index in [-0.39, 0.29) is 5.91 Å². The Bertz CT molecular complexity index is 762. The third kappa shape index (κ3) is 2.31. The van der Waals surface area contributed by atoms with Gasteiger partial charge >= 0.3 is 0 Å². The number of fused-ring (bicyclic) bond motifs is 1. The van der Waals surface area contributed by atoms with Crippen molar-refractivity contribution in [3.8, 4) is 11.1 Å². The monoisotopic (exact) mass is 292 g/mol. The van der Waals surface area contributed by atoms with E-state index in [1.165, 1.54) is 29.5 Å². The van der Waals surface area contributed by atoms with Crippen LogP contribution in [0.1, 0.15) is 29.7 Å². The lowest BCUT2D eigenvalue weighted by Gasteiger charge is -2.17. The molecule has 3 heteroatoms. The molecule has 2 aliphatic rings. The summed E-state index contributed by atoms with van der Waals surface area (Å²) in [5, 5.41) is 0. The molecular weight excluding hydrogens is 272 g/mol. The van der Waals surface area contributed by atoms with E-state index in [1.54, 1.807) is 0 Å². The molecule has 0 unspecified atom stereocenters. The van der Waals surface area contributed by atoms with Crippen LogP contribution >= 0.6 is 0 Å². The first-order valence-electron chi connectivity index (χ1n) is 7.99. The van der Waals surface area contributed by atoms with Crippen molar-refractivity contribution in [1.82, 2.24) is 4.98 Å². The Morgan fingerprint density at radius 3 is 2.68 bits per heavy atom. The fraction of sp³-hybridized carbons (Fsp3) is 0.368. The number of rotatable bonds is 3. The predicted octanol–water partition coefficient (Wildman–Crippen LogP) is 3.66. The fourth-order valence-electron chi connectivity index (χ4n) is 3.06. The van der Waals surface area contributed by atoms with Crippen molar-refractivity contribution in [3.05, 3.63) is 47.3 Å². The lowest BCUT2D eigenvalue weighted by Crippen LogP contribution is -2.28. The number of anilines is 1. The van der Waals surface area contributed by atoms with Gasteiger partial charge in [-0.15, -0.1) is 0 Å². The van der Waals surface area contributed by atoms with Gasteiger partial charge in [-0.2, -0.15) is 0 Å². The summed E-state index contributed by atoms with van der Waals surface area (Å²) >= 11 is 0. The summed E-state index contributed by atoms with van der Waals surface area (Å²) < 4.78 is 0. The molecule has 112 valence electrons. The normalized spacial score (nSPS) is 17.0. The van der Waals surface area contributed by atoms with Crippen molar-refractivity contribution in [3.63, 3.8) is 0 Å². The molecule has 1 amide bonds. The molecule has 1 aromatic heterocycles. The van der Waals surface area contributed by atoms with Crippen molar-refractivity contribution in [2.45, 2.75) is 33.1 Å². The number of carbonyl (C=O) groups excluding carboxylic acids is 1. The van der Waals surface area contributed by atoms with Gasteiger partial charge in [0.05, 0.1) is 17.8 Å². The lowest BCUT2D eigenvalue weighted by molar-refractivity contribution is -0.117. The van der Waals surface area contributed by atoms with Crippen LogP contribution in [-0.2, 0) is 11.2 Å². The molecule has 0 saturated heterocycles. The number of benzene rings is 1. The lowest BCUT2D eigenvalue weighted by atomic mass is 10.0. The second-order valence-electron chi connectivity index (χ2n) is 6.61. The molecule has 2 aromatic rings. The maximum absolute atomic E-state index is 12.2. The topological polar surface area (TPSA) is 33.2 Å². The van der Waals surface area contributed by atoms with Crippen LogP contribution in [0.25, 0.3) is 11.1 Å². The van der Waals surface area contributed by atoms with E-state index in [1.807, 2.05) is 11.1 Å². The highest BCUT2D eigenvalue weighted by atomic mass is 16.2. The Balaban J connectivity index is 1.72. The summed E-state index contributed by atoms with van der Waals surface area (Å²) in [5.41, 5.74) is 6.79. The van der Waals surface area contributed by atoms with E-state index >= 15 is 0 Å². The Morgan fingerprint density at radius 2 is 1.95 bits per heavy atom. The SMILES string of the molecule is Cc1ccc(-c2cnc3c(c2)N(CC2CC2)C(=O)C3)cc1C. The number of pyridine rings is 1. The molecular formula is C19H20N2O. The number of nitrogens with zero attached hydrogens (tertiary/aromatic N) is 2. The number of hydrogen-bond donors (Lipinski definition) is 0. The van der Waals surface area contributed by atoms with Crippen LogP contribution in [0.3, 0.4) is 0 Å². The number of amides is 1. The van der Waals surface area contributed by atoms with Crippen molar-refractivity contribution in [2.24, 2.45) is 5.92 Å². The first-order valence-corrected chi connectivity index (χ1v) is 7.99. The summed E-state index contributed by atoms with van der Waals surface area (Å²) in [6.07, 6.45) is 4.86. The van der Waals surface area contributed by atoms with Crippen molar-refractivity contribution in [1.29, 1.82) is 0 Å². The zero-order valence-electron chi connectivity index (χ0n) is 13.1. The molecule has 2 heterocycles. The van der Waals surface area contributed by atoms with Gasteiger partial charge < -0.3 is 4.90 Å². The maximum atomic E-state index is 12.2. The first kappa shape index (κ1) is 13.5. The molecule has 0 spiro atoms. The summed E-state index contributed by atoms with van der Waals surface area (Å²) in [7, 11) is 0. The van der Waals surface area contributed by atoms with Gasteiger partial charge in [-0.3, -0.25) is 9.78 Å². The van der Waals surface area contributed by atoms with E-state index in [9.17, 15) is 4.79 Å². The number of hydrogen-bond acceptors (Lipinski definition) is 2. The van der Waals surface area contributed by atoms with Gasteiger partial charge in [0.15, 0.2) is 0 Å².